The van der Waals surface area contributed by atoms with Crippen molar-refractivity contribution in [1.29, 1.82) is 5.26 Å². The van der Waals surface area contributed by atoms with E-state index in [2.05, 4.69) is 22.0 Å². The van der Waals surface area contributed by atoms with Crippen LogP contribution in [-0.4, -0.2) is 20.0 Å². The van der Waals surface area contributed by atoms with Gasteiger partial charge in [-0.15, -0.1) is 0 Å². The zero-order valence-electron chi connectivity index (χ0n) is 13.9. The molecule has 2 N–H and O–H groups in total. The first-order valence-corrected chi connectivity index (χ1v) is 8.56. The van der Waals surface area contributed by atoms with Crippen LogP contribution < -0.4 is 15.2 Å². The van der Waals surface area contributed by atoms with Crippen molar-refractivity contribution in [3.05, 3.63) is 45.0 Å². The smallest absolute Gasteiger partial charge is 0.205 e. The molecule has 0 amide bonds. The third-order valence-corrected chi connectivity index (χ3v) is 5.04. The van der Waals surface area contributed by atoms with E-state index in [1.807, 2.05) is 0 Å². The van der Waals surface area contributed by atoms with E-state index in [0.717, 1.165) is 0 Å². The molecule has 1 aliphatic heterocycles. The van der Waals surface area contributed by atoms with Gasteiger partial charge in [-0.25, -0.2) is 0 Å². The summed E-state index contributed by atoms with van der Waals surface area (Å²) in [5.41, 5.74) is 7.34. The topological polar surface area (TPSA) is 94.6 Å². The molecule has 0 radical (unpaired) electrons. The van der Waals surface area contributed by atoms with E-state index in [-0.39, 0.29) is 17.2 Å². The summed E-state index contributed by atoms with van der Waals surface area (Å²) < 4.78 is 17.1. The third kappa shape index (κ3) is 2.87. The van der Waals surface area contributed by atoms with Crippen LogP contribution in [0.2, 0.25) is 0 Å². The van der Waals surface area contributed by atoms with E-state index >= 15 is 0 Å². The van der Waals surface area contributed by atoms with Gasteiger partial charge in [-0.1, -0.05) is 0 Å². The number of benzene rings is 1. The number of allylic oxidation sites excluding steroid dienone is 3. The van der Waals surface area contributed by atoms with Crippen LogP contribution in [0, 0.1) is 11.3 Å². The van der Waals surface area contributed by atoms with Gasteiger partial charge in [0, 0.05) is 30.0 Å². The van der Waals surface area contributed by atoms with Gasteiger partial charge in [-0.05, 0) is 28.4 Å². The first-order chi connectivity index (χ1) is 12.0. The Bertz CT molecular complexity index is 851. The monoisotopic (exact) mass is 404 g/mol. The molecule has 0 fully saturated rings. The normalized spacial score (nSPS) is 19.9. The predicted octanol–water partition coefficient (Wildman–Crippen LogP) is 3.28. The van der Waals surface area contributed by atoms with Crippen molar-refractivity contribution in [2.45, 2.75) is 25.2 Å². The van der Waals surface area contributed by atoms with Crippen molar-refractivity contribution in [3.63, 3.8) is 0 Å². The van der Waals surface area contributed by atoms with Crippen LogP contribution in [0.3, 0.4) is 0 Å². The third-order valence-electron chi connectivity index (χ3n) is 4.42. The maximum absolute atomic E-state index is 12.6. The average Bonchev–Trinajstić information content (AvgIpc) is 2.60. The van der Waals surface area contributed by atoms with Crippen molar-refractivity contribution in [3.8, 4) is 17.6 Å². The predicted molar refractivity (Wildman–Crippen MR) is 93.8 cm³/mol. The molecule has 130 valence electrons. The molecule has 0 saturated carbocycles. The van der Waals surface area contributed by atoms with E-state index in [4.69, 9.17) is 19.9 Å². The Morgan fingerprint density at radius 1 is 1.28 bits per heavy atom. The van der Waals surface area contributed by atoms with E-state index in [9.17, 15) is 10.1 Å². The maximum Gasteiger partial charge on any atom is 0.205 e. The molecule has 2 aliphatic rings. The van der Waals surface area contributed by atoms with Crippen LogP contribution in [-0.2, 0) is 9.53 Å². The number of hydrogen-bond donors (Lipinski definition) is 1. The Balaban J connectivity index is 2.26. The number of ether oxygens (including phenoxy) is 3. The van der Waals surface area contributed by atoms with Crippen LogP contribution in [0.4, 0.5) is 0 Å². The first-order valence-electron chi connectivity index (χ1n) is 7.77. The SMILES string of the molecule is COc1cc(OC)c([C@@H]2C(C#N)=C(N)OC3=C2C(=O)CCC3)cc1Br. The van der Waals surface area contributed by atoms with E-state index in [0.29, 0.717) is 52.1 Å². The fourth-order valence-corrected chi connectivity index (χ4v) is 3.80. The minimum Gasteiger partial charge on any atom is -0.496 e. The molecule has 1 aliphatic carbocycles. The number of Topliss-reactive ketones (excluding diaryl/α,β-unsaturated/α-hetero) is 1. The number of methoxy groups -OCH3 is 2. The van der Waals surface area contributed by atoms with Crippen molar-refractivity contribution < 1.29 is 19.0 Å². The molecule has 7 heteroatoms. The van der Waals surface area contributed by atoms with E-state index < -0.39 is 5.92 Å². The lowest BCUT2D eigenvalue weighted by atomic mass is 9.77. The summed E-state index contributed by atoms with van der Waals surface area (Å²) in [7, 11) is 3.08. The Kier molecular flexibility index (Phi) is 4.73. The number of carbonyl (C=O) groups is 1. The zero-order chi connectivity index (χ0) is 18.1. The quantitative estimate of drug-likeness (QED) is 0.830. The summed E-state index contributed by atoms with van der Waals surface area (Å²) in [6.07, 6.45) is 1.76. The van der Waals surface area contributed by atoms with Crippen LogP contribution in [0.15, 0.2) is 39.4 Å². The molecule has 25 heavy (non-hydrogen) atoms. The van der Waals surface area contributed by atoms with Crippen molar-refractivity contribution in [2.75, 3.05) is 14.2 Å². The molecule has 6 nitrogen and oxygen atoms in total. The second-order valence-corrected chi connectivity index (χ2v) is 6.62. The highest BCUT2D eigenvalue weighted by Gasteiger charge is 2.39. The van der Waals surface area contributed by atoms with Gasteiger partial charge in [-0.3, -0.25) is 4.79 Å². The lowest BCUT2D eigenvalue weighted by Crippen LogP contribution is -2.27. The lowest BCUT2D eigenvalue weighted by Gasteiger charge is -2.31. The van der Waals surface area contributed by atoms with Gasteiger partial charge in [0.25, 0.3) is 0 Å². The summed E-state index contributed by atoms with van der Waals surface area (Å²) in [5, 5.41) is 9.62. The van der Waals surface area contributed by atoms with Crippen molar-refractivity contribution in [1.82, 2.24) is 0 Å². The average molecular weight is 405 g/mol. The van der Waals surface area contributed by atoms with Gasteiger partial charge >= 0.3 is 0 Å². The molecule has 0 spiro atoms. The molecule has 3 rings (SSSR count). The largest absolute Gasteiger partial charge is 0.496 e. The summed E-state index contributed by atoms with van der Waals surface area (Å²) in [6, 6.07) is 5.61. The molecule has 1 heterocycles. The van der Waals surface area contributed by atoms with E-state index in [1.54, 1.807) is 19.2 Å². The highest BCUT2D eigenvalue weighted by molar-refractivity contribution is 9.10. The van der Waals surface area contributed by atoms with Gasteiger partial charge in [0.05, 0.1) is 24.6 Å². The Hall–Kier alpha value is -2.46. The van der Waals surface area contributed by atoms with E-state index in [1.165, 1.54) is 7.11 Å². The zero-order valence-corrected chi connectivity index (χ0v) is 15.5. The van der Waals surface area contributed by atoms with Gasteiger partial charge in [0.1, 0.15) is 28.9 Å². The molecule has 1 aromatic carbocycles. The van der Waals surface area contributed by atoms with Crippen LogP contribution in [0.5, 0.6) is 11.5 Å². The molecular weight excluding hydrogens is 388 g/mol. The molecule has 1 aromatic rings. The summed E-state index contributed by atoms with van der Waals surface area (Å²) in [6.45, 7) is 0. The number of nitriles is 1. The van der Waals surface area contributed by atoms with Crippen LogP contribution in [0.1, 0.15) is 30.7 Å². The van der Waals surface area contributed by atoms with Crippen molar-refractivity contribution >= 4 is 21.7 Å². The van der Waals surface area contributed by atoms with Crippen molar-refractivity contribution in [2.24, 2.45) is 5.73 Å². The number of nitrogens with two attached hydrogens (primary N) is 1. The number of halogens is 1. The minimum absolute atomic E-state index is 0.0273. The number of rotatable bonds is 3. The summed E-state index contributed by atoms with van der Waals surface area (Å²) >= 11 is 3.45. The highest BCUT2D eigenvalue weighted by Crippen LogP contribution is 2.47. The van der Waals surface area contributed by atoms with Gasteiger partial charge in [-0.2, -0.15) is 5.26 Å². The second-order valence-electron chi connectivity index (χ2n) is 5.77. The molecule has 1 atom stereocenters. The molecule has 0 unspecified atom stereocenters. The van der Waals surface area contributed by atoms with Gasteiger partial charge < -0.3 is 19.9 Å². The summed E-state index contributed by atoms with van der Waals surface area (Å²) in [4.78, 5) is 12.6. The fourth-order valence-electron chi connectivity index (χ4n) is 3.28. The molecule has 0 aromatic heterocycles. The standard InChI is InChI=1S/C18H17BrN2O4/c1-23-14-7-15(24-2)11(19)6-9(14)16-10(8-20)18(21)25-13-5-3-4-12(22)17(13)16/h6-7,16H,3-5,21H2,1-2H3/t16-/m1/s1. The number of hydrogen-bond acceptors (Lipinski definition) is 6. The van der Waals surface area contributed by atoms with Gasteiger partial charge in [0.2, 0.25) is 5.88 Å². The molecular formula is C18H17BrN2O4. The second kappa shape index (κ2) is 6.81. The molecule has 0 bridgehead atoms. The molecule has 0 saturated heterocycles. The lowest BCUT2D eigenvalue weighted by molar-refractivity contribution is -0.116. The van der Waals surface area contributed by atoms with Crippen LogP contribution in [0.25, 0.3) is 0 Å². The van der Waals surface area contributed by atoms with Gasteiger partial charge in [0.15, 0.2) is 5.78 Å². The highest BCUT2D eigenvalue weighted by atomic mass is 79.9. The maximum atomic E-state index is 12.6. The number of carbonyl (C=O) groups excluding carboxylic acids is 1. The Labute approximate surface area is 154 Å². The Morgan fingerprint density at radius 2 is 2.00 bits per heavy atom. The first kappa shape index (κ1) is 17.4. The summed E-state index contributed by atoms with van der Waals surface area (Å²) in [5.74, 6) is 1.05. The number of ketones is 1. The number of nitrogens with zero attached hydrogens (tertiary/aromatic N) is 1. The Morgan fingerprint density at radius 3 is 2.64 bits per heavy atom. The van der Waals surface area contributed by atoms with Crippen LogP contribution >= 0.6 is 15.9 Å². The fraction of sp³-hybridized carbons (Fsp3) is 0.333. The minimum atomic E-state index is -0.612.